The Balaban J connectivity index is 1.93. The molecule has 0 N–H and O–H groups in total. The van der Waals surface area contributed by atoms with Crippen molar-refractivity contribution in [2.45, 2.75) is 16.3 Å². The molecule has 0 bridgehead atoms. The van der Waals surface area contributed by atoms with Crippen molar-refractivity contribution in [2.75, 3.05) is 14.2 Å². The van der Waals surface area contributed by atoms with Gasteiger partial charge < -0.3 is 14.0 Å². The predicted octanol–water partition coefficient (Wildman–Crippen LogP) is 4.55. The molecule has 0 radical (unpaired) electrons. The molecule has 1 aromatic heterocycles. The van der Waals surface area contributed by atoms with Gasteiger partial charge in [0, 0.05) is 17.8 Å². The van der Waals surface area contributed by atoms with Crippen molar-refractivity contribution < 1.29 is 17.9 Å². The Bertz CT molecular complexity index is 1440. The predicted molar refractivity (Wildman–Crippen MR) is 124 cm³/mol. The lowest BCUT2D eigenvalue weighted by molar-refractivity contribution is 0.414. The number of sulfone groups is 1. The molecule has 0 saturated carbocycles. The van der Waals surface area contributed by atoms with Crippen LogP contribution in [-0.4, -0.2) is 27.2 Å². The van der Waals surface area contributed by atoms with Crippen molar-refractivity contribution in [1.82, 2.24) is 4.57 Å². The summed E-state index contributed by atoms with van der Waals surface area (Å²) in [5.41, 5.74) is 0.933. The summed E-state index contributed by atoms with van der Waals surface area (Å²) in [5, 5.41) is 0.664. The van der Waals surface area contributed by atoms with Crippen molar-refractivity contribution in [1.29, 1.82) is 0 Å². The van der Waals surface area contributed by atoms with Crippen LogP contribution in [0.4, 0.5) is 0 Å². The quantitative estimate of drug-likeness (QED) is 0.414. The van der Waals surface area contributed by atoms with E-state index >= 15 is 0 Å². The smallest absolute Gasteiger partial charge is 0.211 e. The molecule has 32 heavy (non-hydrogen) atoms. The summed E-state index contributed by atoms with van der Waals surface area (Å²) < 4.78 is 38.9. The van der Waals surface area contributed by atoms with Crippen molar-refractivity contribution >= 4 is 32.3 Å². The van der Waals surface area contributed by atoms with Gasteiger partial charge in [-0.25, -0.2) is 8.42 Å². The molecule has 8 heteroatoms. The zero-order valence-corrected chi connectivity index (χ0v) is 19.0. The Morgan fingerprint density at radius 1 is 0.875 bits per heavy atom. The van der Waals surface area contributed by atoms with E-state index in [1.807, 2.05) is 24.3 Å². The van der Waals surface area contributed by atoms with Crippen LogP contribution in [0.25, 0.3) is 10.9 Å². The number of rotatable bonds is 6. The molecule has 3 aromatic carbocycles. The monoisotopic (exact) mass is 469 g/mol. The Morgan fingerprint density at radius 3 is 2.12 bits per heavy atom. The van der Waals surface area contributed by atoms with Crippen LogP contribution >= 0.6 is 11.6 Å². The number of nitrogens with zero attached hydrogens (tertiary/aromatic N) is 1. The third kappa shape index (κ3) is 4.09. The van der Waals surface area contributed by atoms with E-state index in [1.54, 1.807) is 29.9 Å². The minimum Gasteiger partial charge on any atom is -0.497 e. The van der Waals surface area contributed by atoms with Crippen LogP contribution in [0, 0.1) is 0 Å². The number of methoxy groups -OCH3 is 2. The highest BCUT2D eigenvalue weighted by atomic mass is 35.5. The van der Waals surface area contributed by atoms with Crippen LogP contribution in [0.2, 0.25) is 5.02 Å². The summed E-state index contributed by atoms with van der Waals surface area (Å²) in [6.45, 7) is 0.357. The van der Waals surface area contributed by atoms with Crippen LogP contribution in [0.5, 0.6) is 11.5 Å². The average Bonchev–Trinajstić information content (AvgIpc) is 2.81. The van der Waals surface area contributed by atoms with Gasteiger partial charge in [-0.3, -0.25) is 4.79 Å². The maximum Gasteiger partial charge on any atom is 0.211 e. The first kappa shape index (κ1) is 21.9. The van der Waals surface area contributed by atoms with Gasteiger partial charge in [-0.05, 0) is 60.2 Å². The number of benzene rings is 3. The number of aromatic nitrogens is 1. The Morgan fingerprint density at radius 2 is 1.50 bits per heavy atom. The SMILES string of the molecule is COc1ccc(Cn2cc(S(=O)(=O)c3ccc(Cl)cc3)c(=O)c3cc(OC)ccc32)cc1. The van der Waals surface area contributed by atoms with E-state index in [2.05, 4.69) is 0 Å². The normalized spacial score (nSPS) is 11.5. The molecule has 0 aliphatic rings. The van der Waals surface area contributed by atoms with E-state index in [4.69, 9.17) is 21.1 Å². The van der Waals surface area contributed by atoms with Gasteiger partial charge in [0.2, 0.25) is 15.3 Å². The van der Waals surface area contributed by atoms with E-state index < -0.39 is 15.3 Å². The van der Waals surface area contributed by atoms with Gasteiger partial charge in [-0.15, -0.1) is 0 Å². The van der Waals surface area contributed by atoms with E-state index in [9.17, 15) is 13.2 Å². The van der Waals surface area contributed by atoms with Gasteiger partial charge in [0.05, 0.1) is 30.0 Å². The van der Waals surface area contributed by atoms with E-state index in [0.717, 1.165) is 5.56 Å². The van der Waals surface area contributed by atoms with Crippen molar-refractivity contribution in [3.63, 3.8) is 0 Å². The fourth-order valence-corrected chi connectivity index (χ4v) is 4.96. The molecule has 0 spiro atoms. The van der Waals surface area contributed by atoms with Gasteiger partial charge >= 0.3 is 0 Å². The fourth-order valence-electron chi connectivity index (χ4n) is 3.47. The third-order valence-electron chi connectivity index (χ3n) is 5.18. The summed E-state index contributed by atoms with van der Waals surface area (Å²) in [7, 11) is -0.995. The molecular weight excluding hydrogens is 450 g/mol. The Kier molecular flexibility index (Phi) is 5.95. The lowest BCUT2D eigenvalue weighted by Gasteiger charge is -2.15. The molecule has 0 aliphatic heterocycles. The number of fused-ring (bicyclic) bond motifs is 1. The molecule has 1 heterocycles. The number of hydrogen-bond donors (Lipinski definition) is 0. The molecule has 0 saturated heterocycles. The first-order valence-corrected chi connectivity index (χ1v) is 11.5. The molecule has 0 atom stereocenters. The second-order valence-corrected chi connectivity index (χ2v) is 9.49. The topological polar surface area (TPSA) is 74.6 Å². The highest BCUT2D eigenvalue weighted by Crippen LogP contribution is 2.25. The highest BCUT2D eigenvalue weighted by Gasteiger charge is 2.24. The molecule has 4 rings (SSSR count). The molecule has 164 valence electrons. The van der Waals surface area contributed by atoms with Gasteiger partial charge in [-0.2, -0.15) is 0 Å². The lowest BCUT2D eigenvalue weighted by atomic mass is 10.1. The van der Waals surface area contributed by atoms with Crippen LogP contribution in [-0.2, 0) is 16.4 Å². The second-order valence-electron chi connectivity index (χ2n) is 7.14. The molecule has 4 aromatic rings. The Hall–Kier alpha value is -3.29. The van der Waals surface area contributed by atoms with Crippen LogP contribution in [0.1, 0.15) is 5.56 Å². The number of ether oxygens (including phenoxy) is 2. The lowest BCUT2D eigenvalue weighted by Crippen LogP contribution is -2.19. The fraction of sp³-hybridized carbons (Fsp3) is 0.125. The van der Waals surface area contributed by atoms with E-state index in [-0.39, 0.29) is 15.2 Å². The van der Waals surface area contributed by atoms with E-state index in [0.29, 0.717) is 28.6 Å². The summed E-state index contributed by atoms with van der Waals surface area (Å²) in [5.74, 6) is 1.18. The maximum atomic E-state index is 13.3. The molecule has 0 aliphatic carbocycles. The first-order valence-electron chi connectivity index (χ1n) is 9.68. The molecular formula is C24H20ClNO5S. The molecule has 0 fully saturated rings. The molecule has 6 nitrogen and oxygen atoms in total. The minimum atomic E-state index is -4.08. The minimum absolute atomic E-state index is 0.00255. The Labute approximate surface area is 190 Å². The standard InChI is InChI=1S/C24H20ClNO5S/c1-30-18-7-3-16(4-8-18)14-26-15-23(32(28,29)20-10-5-17(25)6-11-20)24(27)21-13-19(31-2)9-12-22(21)26/h3-13,15H,14H2,1-2H3. The summed E-state index contributed by atoms with van der Waals surface area (Å²) in [6, 6.07) is 18.2. The summed E-state index contributed by atoms with van der Waals surface area (Å²) in [4.78, 5) is 13.0. The van der Waals surface area contributed by atoms with Crippen molar-refractivity contribution in [3.05, 3.63) is 93.7 Å². The summed E-state index contributed by atoms with van der Waals surface area (Å²) in [6.07, 6.45) is 1.39. The van der Waals surface area contributed by atoms with Crippen LogP contribution < -0.4 is 14.9 Å². The number of hydrogen-bond acceptors (Lipinski definition) is 5. The average molecular weight is 470 g/mol. The van der Waals surface area contributed by atoms with Gasteiger partial charge in [0.1, 0.15) is 16.4 Å². The molecule has 0 unspecified atom stereocenters. The highest BCUT2D eigenvalue weighted by molar-refractivity contribution is 7.91. The van der Waals surface area contributed by atoms with Gasteiger partial charge in [0.15, 0.2) is 0 Å². The third-order valence-corrected chi connectivity index (χ3v) is 7.19. The van der Waals surface area contributed by atoms with Gasteiger partial charge in [0.25, 0.3) is 0 Å². The maximum absolute atomic E-state index is 13.3. The molecule has 0 amide bonds. The largest absolute Gasteiger partial charge is 0.497 e. The van der Waals surface area contributed by atoms with Crippen LogP contribution in [0.15, 0.2) is 87.5 Å². The van der Waals surface area contributed by atoms with Crippen molar-refractivity contribution in [2.24, 2.45) is 0 Å². The number of halogens is 1. The van der Waals surface area contributed by atoms with Crippen LogP contribution in [0.3, 0.4) is 0 Å². The van der Waals surface area contributed by atoms with Crippen molar-refractivity contribution in [3.8, 4) is 11.5 Å². The van der Waals surface area contributed by atoms with E-state index in [1.165, 1.54) is 37.6 Å². The number of pyridine rings is 1. The zero-order chi connectivity index (χ0) is 22.9. The second kappa shape index (κ2) is 8.68. The first-order chi connectivity index (χ1) is 15.3. The van der Waals surface area contributed by atoms with Gasteiger partial charge in [-0.1, -0.05) is 23.7 Å². The zero-order valence-electron chi connectivity index (χ0n) is 17.4. The summed E-state index contributed by atoms with van der Waals surface area (Å²) >= 11 is 5.90.